The molecule has 0 atom stereocenters. The molecule has 1 heterocycles. The molecule has 4 nitrogen and oxygen atoms in total. The second-order valence-corrected chi connectivity index (χ2v) is 4.44. The Morgan fingerprint density at radius 3 is 2.80 bits per heavy atom. The number of nitrogens with zero attached hydrogens (tertiary/aromatic N) is 1. The van der Waals surface area contributed by atoms with Gasteiger partial charge in [0.05, 0.1) is 11.9 Å². The van der Waals surface area contributed by atoms with Gasteiger partial charge in [-0.15, -0.1) is 0 Å². The number of aromatic amines is 1. The number of rotatable bonds is 2. The molecule has 2 rings (SSSR count). The summed E-state index contributed by atoms with van der Waals surface area (Å²) in [4.78, 5) is 11.0. The Bertz CT molecular complexity index is 366. The molecule has 4 heteroatoms. The van der Waals surface area contributed by atoms with Crippen molar-refractivity contribution in [2.24, 2.45) is 5.92 Å². The summed E-state index contributed by atoms with van der Waals surface area (Å²) in [6, 6.07) is 2.06. The highest BCUT2D eigenvalue weighted by atomic mass is 16.1. The number of H-pyrrole nitrogens is 1. The first-order valence-electron chi connectivity index (χ1n) is 5.55. The van der Waals surface area contributed by atoms with Gasteiger partial charge in [0, 0.05) is 12.1 Å². The zero-order valence-electron chi connectivity index (χ0n) is 8.99. The quantitative estimate of drug-likeness (QED) is 0.777. The number of aromatic nitrogens is 2. The summed E-state index contributed by atoms with van der Waals surface area (Å²) < 4.78 is 0. The van der Waals surface area contributed by atoms with Crippen molar-refractivity contribution in [3.05, 3.63) is 22.6 Å². The Morgan fingerprint density at radius 1 is 1.40 bits per heavy atom. The fraction of sp³-hybridized carbons (Fsp3) is 0.636. The molecular formula is C11H17N3O. The van der Waals surface area contributed by atoms with Crippen LogP contribution in [0, 0.1) is 5.92 Å². The lowest BCUT2D eigenvalue weighted by atomic mass is 9.87. The van der Waals surface area contributed by atoms with Gasteiger partial charge < -0.3 is 5.32 Å². The van der Waals surface area contributed by atoms with Crippen molar-refractivity contribution in [2.75, 3.05) is 5.32 Å². The summed E-state index contributed by atoms with van der Waals surface area (Å²) in [5, 5.41) is 9.49. The second-order valence-electron chi connectivity index (χ2n) is 4.44. The number of anilines is 1. The lowest BCUT2D eigenvalue weighted by molar-refractivity contribution is 0.361. The largest absolute Gasteiger partial charge is 0.381 e. The van der Waals surface area contributed by atoms with Crippen molar-refractivity contribution < 1.29 is 0 Å². The van der Waals surface area contributed by atoms with E-state index in [1.54, 1.807) is 12.3 Å². The zero-order valence-corrected chi connectivity index (χ0v) is 8.99. The van der Waals surface area contributed by atoms with E-state index in [4.69, 9.17) is 0 Å². The van der Waals surface area contributed by atoms with Gasteiger partial charge in [-0.3, -0.25) is 4.79 Å². The fourth-order valence-corrected chi connectivity index (χ4v) is 2.10. The van der Waals surface area contributed by atoms with E-state index in [0.717, 1.165) is 11.6 Å². The molecule has 0 amide bonds. The summed E-state index contributed by atoms with van der Waals surface area (Å²) in [7, 11) is 0. The van der Waals surface area contributed by atoms with Gasteiger partial charge in [-0.25, -0.2) is 5.10 Å². The number of hydrogen-bond donors (Lipinski definition) is 2. The predicted octanol–water partition coefficient (Wildman–Crippen LogP) is 1.76. The molecule has 0 saturated heterocycles. The minimum atomic E-state index is -0.149. The van der Waals surface area contributed by atoms with Crippen LogP contribution < -0.4 is 10.9 Å². The average molecular weight is 207 g/mol. The van der Waals surface area contributed by atoms with Crippen LogP contribution in [0.25, 0.3) is 0 Å². The molecular weight excluding hydrogens is 190 g/mol. The first-order valence-corrected chi connectivity index (χ1v) is 5.55. The van der Waals surface area contributed by atoms with Crippen molar-refractivity contribution >= 4 is 5.69 Å². The molecule has 0 aromatic carbocycles. The normalized spacial score (nSPS) is 26.2. The first-order chi connectivity index (χ1) is 7.24. The van der Waals surface area contributed by atoms with E-state index in [9.17, 15) is 4.79 Å². The SMILES string of the molecule is CC1CCC(Nc2cn[nH]c(=O)c2)CC1. The molecule has 0 spiro atoms. The molecule has 1 aromatic rings. The smallest absolute Gasteiger partial charge is 0.266 e. The Balaban J connectivity index is 1.94. The van der Waals surface area contributed by atoms with E-state index in [1.165, 1.54) is 25.7 Å². The summed E-state index contributed by atoms with van der Waals surface area (Å²) >= 11 is 0. The molecule has 1 aliphatic rings. The third-order valence-electron chi connectivity index (χ3n) is 3.05. The third-order valence-corrected chi connectivity index (χ3v) is 3.05. The second kappa shape index (κ2) is 4.47. The lowest BCUT2D eigenvalue weighted by Gasteiger charge is -2.27. The van der Waals surface area contributed by atoms with Crippen LogP contribution in [-0.4, -0.2) is 16.2 Å². The molecule has 1 saturated carbocycles. The van der Waals surface area contributed by atoms with E-state index in [-0.39, 0.29) is 5.56 Å². The minimum absolute atomic E-state index is 0.149. The molecule has 0 bridgehead atoms. The van der Waals surface area contributed by atoms with Crippen molar-refractivity contribution in [3.63, 3.8) is 0 Å². The molecule has 1 aromatic heterocycles. The van der Waals surface area contributed by atoms with Gasteiger partial charge in [0.15, 0.2) is 0 Å². The lowest BCUT2D eigenvalue weighted by Crippen LogP contribution is -2.26. The van der Waals surface area contributed by atoms with Gasteiger partial charge in [-0.05, 0) is 31.6 Å². The van der Waals surface area contributed by atoms with Crippen LogP contribution in [0.5, 0.6) is 0 Å². The first kappa shape index (κ1) is 10.2. The molecule has 0 aliphatic heterocycles. The van der Waals surface area contributed by atoms with Crippen LogP contribution in [0.3, 0.4) is 0 Å². The van der Waals surface area contributed by atoms with E-state index in [0.29, 0.717) is 6.04 Å². The summed E-state index contributed by atoms with van der Waals surface area (Å²) in [6.07, 6.45) is 6.59. The Morgan fingerprint density at radius 2 is 2.13 bits per heavy atom. The monoisotopic (exact) mass is 207 g/mol. The van der Waals surface area contributed by atoms with E-state index in [1.807, 2.05) is 0 Å². The van der Waals surface area contributed by atoms with Gasteiger partial charge in [-0.2, -0.15) is 5.10 Å². The van der Waals surface area contributed by atoms with E-state index >= 15 is 0 Å². The highest BCUT2D eigenvalue weighted by Gasteiger charge is 2.17. The molecule has 2 N–H and O–H groups in total. The van der Waals surface area contributed by atoms with Gasteiger partial charge in [0.2, 0.25) is 0 Å². The van der Waals surface area contributed by atoms with Crippen LogP contribution in [0.15, 0.2) is 17.1 Å². The van der Waals surface area contributed by atoms with Gasteiger partial charge in [-0.1, -0.05) is 6.92 Å². The molecule has 1 aliphatic carbocycles. The highest BCUT2D eigenvalue weighted by Crippen LogP contribution is 2.25. The van der Waals surface area contributed by atoms with Crippen LogP contribution in [-0.2, 0) is 0 Å². The Hall–Kier alpha value is -1.32. The van der Waals surface area contributed by atoms with E-state index < -0.39 is 0 Å². The topological polar surface area (TPSA) is 57.8 Å². The van der Waals surface area contributed by atoms with Crippen LogP contribution in [0.1, 0.15) is 32.6 Å². The Labute approximate surface area is 89.1 Å². The standard InChI is InChI=1S/C11H17N3O/c1-8-2-4-9(5-3-8)13-10-6-11(15)14-12-7-10/h6-9H,2-5H2,1H3,(H2,13,14,15). The van der Waals surface area contributed by atoms with Crippen LogP contribution in [0.4, 0.5) is 5.69 Å². The zero-order chi connectivity index (χ0) is 10.7. The van der Waals surface area contributed by atoms with Crippen molar-refractivity contribution in [3.8, 4) is 0 Å². The Kier molecular flexibility index (Phi) is 3.04. The fourth-order valence-electron chi connectivity index (χ4n) is 2.10. The summed E-state index contributed by atoms with van der Waals surface area (Å²) in [6.45, 7) is 2.30. The number of hydrogen-bond acceptors (Lipinski definition) is 3. The molecule has 0 unspecified atom stereocenters. The van der Waals surface area contributed by atoms with Gasteiger partial charge in [0.25, 0.3) is 5.56 Å². The maximum atomic E-state index is 11.0. The number of nitrogens with one attached hydrogen (secondary N) is 2. The van der Waals surface area contributed by atoms with Gasteiger partial charge >= 0.3 is 0 Å². The van der Waals surface area contributed by atoms with Crippen LogP contribution in [0.2, 0.25) is 0 Å². The molecule has 82 valence electrons. The van der Waals surface area contributed by atoms with E-state index in [2.05, 4.69) is 22.4 Å². The maximum Gasteiger partial charge on any atom is 0.266 e. The van der Waals surface area contributed by atoms with Gasteiger partial charge in [0.1, 0.15) is 0 Å². The maximum absolute atomic E-state index is 11.0. The molecule has 15 heavy (non-hydrogen) atoms. The molecule has 1 fully saturated rings. The molecule has 0 radical (unpaired) electrons. The van der Waals surface area contributed by atoms with Crippen molar-refractivity contribution in [1.82, 2.24) is 10.2 Å². The third kappa shape index (κ3) is 2.81. The van der Waals surface area contributed by atoms with Crippen molar-refractivity contribution in [1.29, 1.82) is 0 Å². The predicted molar refractivity (Wildman–Crippen MR) is 59.9 cm³/mol. The summed E-state index contributed by atoms with van der Waals surface area (Å²) in [5.74, 6) is 0.848. The average Bonchev–Trinajstić information content (AvgIpc) is 2.22. The highest BCUT2D eigenvalue weighted by molar-refractivity contribution is 5.39. The minimum Gasteiger partial charge on any atom is -0.381 e. The van der Waals surface area contributed by atoms with Crippen molar-refractivity contribution in [2.45, 2.75) is 38.6 Å². The summed E-state index contributed by atoms with van der Waals surface area (Å²) in [5.41, 5.74) is 0.683. The van der Waals surface area contributed by atoms with Crippen LogP contribution >= 0.6 is 0 Å².